The van der Waals surface area contributed by atoms with Gasteiger partial charge in [0.05, 0.1) is 25.0 Å². The lowest BCUT2D eigenvalue weighted by Gasteiger charge is -2.12. The van der Waals surface area contributed by atoms with E-state index in [4.69, 9.17) is 14.9 Å². The largest absolute Gasteiger partial charge is 0.481 e. The Kier molecular flexibility index (Phi) is 5.06. The Hall–Kier alpha value is -1.10. The highest BCUT2D eigenvalue weighted by molar-refractivity contribution is 5.77. The summed E-state index contributed by atoms with van der Waals surface area (Å²) >= 11 is 0. The number of rotatable bonds is 6. The molecule has 0 aliphatic rings. The molecule has 0 amide bonds. The zero-order valence-electron chi connectivity index (χ0n) is 7.69. The molecular weight excluding hydrogens is 176 g/mol. The molecule has 0 saturated heterocycles. The fourth-order valence-electron chi connectivity index (χ4n) is 0.737. The van der Waals surface area contributed by atoms with Crippen molar-refractivity contribution in [1.82, 2.24) is 0 Å². The molecule has 13 heavy (non-hydrogen) atoms. The summed E-state index contributed by atoms with van der Waals surface area (Å²) in [6.07, 6.45) is -0.488. The molecule has 0 aliphatic carbocycles. The maximum absolute atomic E-state index is 10.5. The monoisotopic (exact) mass is 190 g/mol. The Morgan fingerprint density at radius 1 is 1.31 bits per heavy atom. The molecule has 5 nitrogen and oxygen atoms in total. The van der Waals surface area contributed by atoms with Crippen LogP contribution in [0.25, 0.3) is 0 Å². The summed E-state index contributed by atoms with van der Waals surface area (Å²) in [5, 5.41) is 17.0. The third-order valence-corrected chi connectivity index (χ3v) is 1.40. The van der Waals surface area contributed by atoms with Gasteiger partial charge in [-0.15, -0.1) is 0 Å². The number of ether oxygens (including phenoxy) is 1. The first kappa shape index (κ1) is 11.9. The zero-order chi connectivity index (χ0) is 10.4. The highest BCUT2D eigenvalue weighted by atomic mass is 16.5. The van der Waals surface area contributed by atoms with Gasteiger partial charge in [0.25, 0.3) is 0 Å². The summed E-state index contributed by atoms with van der Waals surface area (Å²) in [6, 6.07) is 0. The van der Waals surface area contributed by atoms with Crippen LogP contribution < -0.4 is 0 Å². The fraction of sp³-hybridized carbons (Fsp3) is 0.750. The summed E-state index contributed by atoms with van der Waals surface area (Å²) < 4.78 is 5.02. The van der Waals surface area contributed by atoms with Crippen LogP contribution in [0.3, 0.4) is 0 Å². The second kappa shape index (κ2) is 5.53. The SMILES string of the molecule is CC(C)OCC(CC(=O)O)C(=O)O. The van der Waals surface area contributed by atoms with E-state index in [0.717, 1.165) is 0 Å². The number of hydrogen-bond acceptors (Lipinski definition) is 3. The van der Waals surface area contributed by atoms with Gasteiger partial charge < -0.3 is 14.9 Å². The Balaban J connectivity index is 3.95. The zero-order valence-corrected chi connectivity index (χ0v) is 7.69. The van der Waals surface area contributed by atoms with Crippen molar-refractivity contribution in [3.05, 3.63) is 0 Å². The third-order valence-electron chi connectivity index (χ3n) is 1.40. The van der Waals surface area contributed by atoms with E-state index in [2.05, 4.69) is 0 Å². The normalized spacial score (nSPS) is 12.8. The summed E-state index contributed by atoms with van der Waals surface area (Å²) in [6.45, 7) is 3.47. The van der Waals surface area contributed by atoms with Gasteiger partial charge >= 0.3 is 11.9 Å². The van der Waals surface area contributed by atoms with E-state index in [9.17, 15) is 9.59 Å². The first-order valence-corrected chi connectivity index (χ1v) is 3.99. The van der Waals surface area contributed by atoms with Crippen LogP contribution in [0.15, 0.2) is 0 Å². The standard InChI is InChI=1S/C8H14O5/c1-5(2)13-4-6(8(11)12)3-7(9)10/h5-6H,3-4H2,1-2H3,(H,9,10)(H,11,12). The van der Waals surface area contributed by atoms with E-state index in [0.29, 0.717) is 0 Å². The number of carboxylic acid groups (broad SMARTS) is 2. The predicted molar refractivity (Wildman–Crippen MR) is 44.5 cm³/mol. The summed E-state index contributed by atoms with van der Waals surface area (Å²) in [5.41, 5.74) is 0. The average molecular weight is 190 g/mol. The van der Waals surface area contributed by atoms with Gasteiger partial charge in [0.1, 0.15) is 0 Å². The van der Waals surface area contributed by atoms with Crippen LogP contribution in [0, 0.1) is 5.92 Å². The molecule has 76 valence electrons. The summed E-state index contributed by atoms with van der Waals surface area (Å²) in [5.74, 6) is -3.22. The lowest BCUT2D eigenvalue weighted by atomic mass is 10.1. The molecule has 0 aromatic rings. The van der Waals surface area contributed by atoms with Gasteiger partial charge in [0.15, 0.2) is 0 Å². The molecule has 0 saturated carbocycles. The van der Waals surface area contributed by atoms with Crippen molar-refractivity contribution in [1.29, 1.82) is 0 Å². The van der Waals surface area contributed by atoms with Crippen LogP contribution in [-0.2, 0) is 14.3 Å². The van der Waals surface area contributed by atoms with Crippen LogP contribution in [0.1, 0.15) is 20.3 Å². The first-order chi connectivity index (χ1) is 5.93. The molecule has 5 heteroatoms. The summed E-state index contributed by atoms with van der Waals surface area (Å²) in [7, 11) is 0. The van der Waals surface area contributed by atoms with Crippen LogP contribution in [0.4, 0.5) is 0 Å². The predicted octanol–water partition coefficient (Wildman–Crippen LogP) is 0.587. The molecule has 2 N–H and O–H groups in total. The van der Waals surface area contributed by atoms with Crippen LogP contribution in [0.5, 0.6) is 0 Å². The fourth-order valence-corrected chi connectivity index (χ4v) is 0.737. The van der Waals surface area contributed by atoms with Gasteiger partial charge in [-0.1, -0.05) is 0 Å². The molecule has 1 atom stereocenters. The maximum Gasteiger partial charge on any atom is 0.309 e. The maximum atomic E-state index is 10.5. The van der Waals surface area contributed by atoms with Crippen molar-refractivity contribution in [2.45, 2.75) is 26.4 Å². The molecule has 0 aromatic heterocycles. The topological polar surface area (TPSA) is 83.8 Å². The van der Waals surface area contributed by atoms with Crippen molar-refractivity contribution in [2.24, 2.45) is 5.92 Å². The van der Waals surface area contributed by atoms with E-state index in [1.807, 2.05) is 0 Å². The molecular formula is C8H14O5. The number of carbonyl (C=O) groups is 2. The quantitative estimate of drug-likeness (QED) is 0.640. The molecule has 0 aliphatic heterocycles. The van der Waals surface area contributed by atoms with Gasteiger partial charge in [0.2, 0.25) is 0 Å². The van der Waals surface area contributed by atoms with Gasteiger partial charge in [0, 0.05) is 0 Å². The van der Waals surface area contributed by atoms with Gasteiger partial charge in [-0.3, -0.25) is 9.59 Å². The third kappa shape index (κ3) is 6.10. The van der Waals surface area contributed by atoms with E-state index in [1.54, 1.807) is 13.8 Å². The van der Waals surface area contributed by atoms with Crippen molar-refractivity contribution in [2.75, 3.05) is 6.61 Å². The minimum atomic E-state index is -1.14. The number of aliphatic carboxylic acids is 2. The van der Waals surface area contributed by atoms with E-state index in [1.165, 1.54) is 0 Å². The second-order valence-electron chi connectivity index (χ2n) is 3.02. The number of carboxylic acids is 2. The Morgan fingerprint density at radius 2 is 1.85 bits per heavy atom. The summed E-state index contributed by atoms with van der Waals surface area (Å²) in [4.78, 5) is 20.7. The lowest BCUT2D eigenvalue weighted by Crippen LogP contribution is -2.24. The van der Waals surface area contributed by atoms with Crippen molar-refractivity contribution in [3.63, 3.8) is 0 Å². The highest BCUT2D eigenvalue weighted by Crippen LogP contribution is 2.05. The molecule has 0 aromatic carbocycles. The Morgan fingerprint density at radius 3 is 2.15 bits per heavy atom. The van der Waals surface area contributed by atoms with E-state index >= 15 is 0 Å². The van der Waals surface area contributed by atoms with Crippen molar-refractivity contribution < 1.29 is 24.5 Å². The molecule has 0 radical (unpaired) electrons. The van der Waals surface area contributed by atoms with E-state index in [-0.39, 0.29) is 12.7 Å². The van der Waals surface area contributed by atoms with Crippen molar-refractivity contribution in [3.8, 4) is 0 Å². The Bertz CT molecular complexity index is 187. The molecule has 0 heterocycles. The molecule has 0 bridgehead atoms. The first-order valence-electron chi connectivity index (χ1n) is 3.99. The highest BCUT2D eigenvalue weighted by Gasteiger charge is 2.21. The smallest absolute Gasteiger partial charge is 0.309 e. The van der Waals surface area contributed by atoms with Crippen molar-refractivity contribution >= 4 is 11.9 Å². The van der Waals surface area contributed by atoms with Crippen LogP contribution in [0.2, 0.25) is 0 Å². The second-order valence-corrected chi connectivity index (χ2v) is 3.02. The van der Waals surface area contributed by atoms with Crippen LogP contribution >= 0.6 is 0 Å². The van der Waals surface area contributed by atoms with Gasteiger partial charge in [-0.25, -0.2) is 0 Å². The molecule has 0 spiro atoms. The minimum Gasteiger partial charge on any atom is -0.481 e. The average Bonchev–Trinajstić information content (AvgIpc) is 1.96. The van der Waals surface area contributed by atoms with Gasteiger partial charge in [-0.2, -0.15) is 0 Å². The molecule has 0 rings (SSSR count). The van der Waals surface area contributed by atoms with Gasteiger partial charge in [-0.05, 0) is 13.8 Å². The Labute approximate surface area is 76.3 Å². The minimum absolute atomic E-state index is 0.0562. The van der Waals surface area contributed by atoms with E-state index < -0.39 is 24.3 Å². The lowest BCUT2D eigenvalue weighted by molar-refractivity contribution is -0.151. The molecule has 1 unspecified atom stereocenters. The number of hydrogen-bond donors (Lipinski definition) is 2. The molecule has 0 fully saturated rings. The van der Waals surface area contributed by atoms with Crippen LogP contribution in [-0.4, -0.2) is 34.9 Å².